The predicted octanol–water partition coefficient (Wildman–Crippen LogP) is 3.07. The number of alkyl halides is 1. The molecule has 0 spiro atoms. The molecule has 0 amide bonds. The second-order valence-electron chi connectivity index (χ2n) is 5.68. The van der Waals surface area contributed by atoms with Gasteiger partial charge in [-0.25, -0.2) is 0 Å². The van der Waals surface area contributed by atoms with Gasteiger partial charge in [-0.2, -0.15) is 0 Å². The van der Waals surface area contributed by atoms with Crippen molar-refractivity contribution in [3.8, 4) is 5.75 Å². The molecular formula is C15H22BrNO2. The van der Waals surface area contributed by atoms with Crippen LogP contribution < -0.4 is 4.74 Å². The van der Waals surface area contributed by atoms with E-state index < -0.39 is 0 Å². The molecule has 1 heterocycles. The normalized spacial score (nSPS) is 23.3. The van der Waals surface area contributed by atoms with Crippen molar-refractivity contribution in [2.75, 3.05) is 25.5 Å². The molecule has 1 fully saturated rings. The third kappa shape index (κ3) is 4.20. The largest absolute Gasteiger partial charge is 0.497 e. The van der Waals surface area contributed by atoms with E-state index in [0.29, 0.717) is 0 Å². The van der Waals surface area contributed by atoms with Crippen molar-refractivity contribution in [1.29, 1.82) is 0 Å². The molecule has 19 heavy (non-hydrogen) atoms. The first-order valence-electron chi connectivity index (χ1n) is 6.61. The molecule has 1 aliphatic heterocycles. The van der Waals surface area contributed by atoms with E-state index in [9.17, 15) is 0 Å². The fourth-order valence-electron chi connectivity index (χ4n) is 2.65. The topological polar surface area (TPSA) is 21.7 Å². The molecule has 0 aliphatic carbocycles. The van der Waals surface area contributed by atoms with Crippen LogP contribution in [0.2, 0.25) is 0 Å². The van der Waals surface area contributed by atoms with Gasteiger partial charge >= 0.3 is 0 Å². The maximum atomic E-state index is 6.02. The minimum absolute atomic E-state index is 0.0877. The zero-order chi connectivity index (χ0) is 13.9. The second kappa shape index (κ2) is 6.25. The van der Waals surface area contributed by atoms with Crippen LogP contribution in [-0.4, -0.2) is 42.1 Å². The van der Waals surface area contributed by atoms with Gasteiger partial charge in [0.05, 0.1) is 18.8 Å². The first-order valence-corrected chi connectivity index (χ1v) is 7.73. The minimum Gasteiger partial charge on any atom is -0.497 e. The fourth-order valence-corrected chi connectivity index (χ4v) is 2.98. The number of halogens is 1. The van der Waals surface area contributed by atoms with Crippen molar-refractivity contribution in [3.05, 3.63) is 29.8 Å². The van der Waals surface area contributed by atoms with Crippen molar-refractivity contribution < 1.29 is 9.47 Å². The summed E-state index contributed by atoms with van der Waals surface area (Å²) in [5.41, 5.74) is 1.20. The summed E-state index contributed by atoms with van der Waals surface area (Å²) in [7, 11) is 1.71. The van der Waals surface area contributed by atoms with E-state index in [1.54, 1.807) is 7.11 Å². The van der Waals surface area contributed by atoms with Crippen LogP contribution >= 0.6 is 15.9 Å². The number of methoxy groups -OCH3 is 1. The Bertz CT molecular complexity index is 422. The van der Waals surface area contributed by atoms with Crippen molar-refractivity contribution >= 4 is 15.9 Å². The number of morpholine rings is 1. The molecule has 1 saturated heterocycles. The van der Waals surface area contributed by atoms with Crippen LogP contribution in [0.3, 0.4) is 0 Å². The average Bonchev–Trinajstić information content (AvgIpc) is 2.37. The van der Waals surface area contributed by atoms with Gasteiger partial charge in [-0.3, -0.25) is 4.90 Å². The number of rotatable bonds is 4. The van der Waals surface area contributed by atoms with Crippen molar-refractivity contribution in [2.45, 2.75) is 32.1 Å². The molecule has 4 heteroatoms. The number of hydrogen-bond donors (Lipinski definition) is 0. The van der Waals surface area contributed by atoms with E-state index in [1.807, 2.05) is 12.1 Å². The Kier molecular flexibility index (Phi) is 4.87. The number of benzene rings is 1. The lowest BCUT2D eigenvalue weighted by atomic mass is 10.0. The Morgan fingerprint density at radius 1 is 1.47 bits per heavy atom. The van der Waals surface area contributed by atoms with Crippen LogP contribution in [0.1, 0.15) is 19.4 Å². The Morgan fingerprint density at radius 2 is 2.26 bits per heavy atom. The Hall–Kier alpha value is -0.580. The van der Waals surface area contributed by atoms with Crippen LogP contribution in [0.15, 0.2) is 24.3 Å². The summed E-state index contributed by atoms with van der Waals surface area (Å²) in [5.74, 6) is 0.919. The summed E-state index contributed by atoms with van der Waals surface area (Å²) >= 11 is 3.53. The molecule has 1 aromatic carbocycles. The van der Waals surface area contributed by atoms with Crippen LogP contribution in [0.25, 0.3) is 0 Å². The maximum Gasteiger partial charge on any atom is 0.119 e. The molecular weight excluding hydrogens is 306 g/mol. The lowest BCUT2D eigenvalue weighted by Gasteiger charge is -2.42. The molecule has 0 aromatic heterocycles. The van der Waals surface area contributed by atoms with Crippen molar-refractivity contribution in [3.63, 3.8) is 0 Å². The van der Waals surface area contributed by atoms with E-state index in [2.05, 4.69) is 46.8 Å². The number of hydrogen-bond acceptors (Lipinski definition) is 3. The van der Waals surface area contributed by atoms with Crippen LogP contribution in [0.5, 0.6) is 5.75 Å². The summed E-state index contributed by atoms with van der Waals surface area (Å²) in [5, 5.41) is 0.880. The van der Waals surface area contributed by atoms with E-state index in [4.69, 9.17) is 9.47 Å². The van der Waals surface area contributed by atoms with E-state index >= 15 is 0 Å². The maximum absolute atomic E-state index is 6.02. The molecule has 106 valence electrons. The molecule has 0 N–H and O–H groups in total. The summed E-state index contributed by atoms with van der Waals surface area (Å²) < 4.78 is 11.3. The van der Waals surface area contributed by atoms with Gasteiger partial charge in [0.1, 0.15) is 5.75 Å². The van der Waals surface area contributed by atoms with E-state index in [-0.39, 0.29) is 11.7 Å². The van der Waals surface area contributed by atoms with Gasteiger partial charge in [0.2, 0.25) is 0 Å². The summed E-state index contributed by atoms with van der Waals surface area (Å²) in [6.45, 7) is 7.16. The molecule has 1 atom stereocenters. The highest BCUT2D eigenvalue weighted by atomic mass is 79.9. The lowest BCUT2D eigenvalue weighted by Crippen LogP contribution is -2.52. The fraction of sp³-hybridized carbons (Fsp3) is 0.600. The summed E-state index contributed by atoms with van der Waals surface area (Å²) in [6.07, 6.45) is 0.259. The summed E-state index contributed by atoms with van der Waals surface area (Å²) in [4.78, 5) is 2.45. The second-order valence-corrected chi connectivity index (χ2v) is 6.32. The predicted molar refractivity (Wildman–Crippen MR) is 81.0 cm³/mol. The van der Waals surface area contributed by atoms with Crippen LogP contribution in [-0.2, 0) is 11.3 Å². The molecule has 2 rings (SSSR count). The minimum atomic E-state index is -0.0877. The smallest absolute Gasteiger partial charge is 0.119 e. The quantitative estimate of drug-likeness (QED) is 0.793. The lowest BCUT2D eigenvalue weighted by molar-refractivity contribution is -0.128. The van der Waals surface area contributed by atoms with E-state index in [1.165, 1.54) is 5.56 Å². The van der Waals surface area contributed by atoms with Gasteiger partial charge in [-0.05, 0) is 31.5 Å². The van der Waals surface area contributed by atoms with Gasteiger partial charge in [-0.1, -0.05) is 28.1 Å². The molecule has 0 saturated carbocycles. The Balaban J connectivity index is 2.04. The van der Waals surface area contributed by atoms with Gasteiger partial charge in [-0.15, -0.1) is 0 Å². The number of nitrogens with zero attached hydrogens (tertiary/aromatic N) is 1. The summed E-state index contributed by atoms with van der Waals surface area (Å²) in [6, 6.07) is 8.27. The first-order chi connectivity index (χ1) is 9.02. The molecule has 0 bridgehead atoms. The van der Waals surface area contributed by atoms with Crippen molar-refractivity contribution in [1.82, 2.24) is 4.90 Å². The zero-order valence-corrected chi connectivity index (χ0v) is 13.4. The van der Waals surface area contributed by atoms with Gasteiger partial charge in [0.15, 0.2) is 0 Å². The molecule has 0 radical (unpaired) electrons. The first kappa shape index (κ1) is 14.8. The van der Waals surface area contributed by atoms with Crippen molar-refractivity contribution in [2.24, 2.45) is 0 Å². The molecule has 3 nitrogen and oxygen atoms in total. The monoisotopic (exact) mass is 327 g/mol. The standard InChI is InChI=1S/C15H22BrNO2/c1-15(2)11-17(10-14(8-16)19-15)9-12-5-4-6-13(7-12)18-3/h4-7,14H,8-11H2,1-3H3. The highest BCUT2D eigenvalue weighted by molar-refractivity contribution is 9.09. The number of ether oxygens (including phenoxy) is 2. The Morgan fingerprint density at radius 3 is 2.95 bits per heavy atom. The van der Waals surface area contributed by atoms with Gasteiger partial charge < -0.3 is 9.47 Å². The highest BCUT2D eigenvalue weighted by Crippen LogP contribution is 2.24. The van der Waals surface area contributed by atoms with Gasteiger partial charge in [0, 0.05) is 25.0 Å². The van der Waals surface area contributed by atoms with Crippen LogP contribution in [0.4, 0.5) is 0 Å². The molecule has 1 aromatic rings. The SMILES string of the molecule is COc1cccc(CN2CC(CBr)OC(C)(C)C2)c1. The average molecular weight is 328 g/mol. The molecule has 1 aliphatic rings. The zero-order valence-electron chi connectivity index (χ0n) is 11.9. The van der Waals surface area contributed by atoms with Crippen LogP contribution in [0, 0.1) is 0 Å². The highest BCUT2D eigenvalue weighted by Gasteiger charge is 2.32. The Labute approximate surface area is 124 Å². The molecule has 1 unspecified atom stereocenters. The third-order valence-electron chi connectivity index (χ3n) is 3.26. The van der Waals surface area contributed by atoms with E-state index in [0.717, 1.165) is 30.7 Å². The third-order valence-corrected chi connectivity index (χ3v) is 3.99. The van der Waals surface area contributed by atoms with Gasteiger partial charge in [0.25, 0.3) is 0 Å².